The number of hydrazine groups is 1. The number of nitrogens with two attached hydrogens (primary N) is 1. The van der Waals surface area contributed by atoms with Crippen molar-refractivity contribution >= 4 is 16.5 Å². The summed E-state index contributed by atoms with van der Waals surface area (Å²) >= 11 is 1.62. The van der Waals surface area contributed by atoms with Gasteiger partial charge in [0.2, 0.25) is 0 Å². The molecule has 0 saturated carbocycles. The van der Waals surface area contributed by atoms with Gasteiger partial charge < -0.3 is 4.90 Å². The number of nitrogens with one attached hydrogen (secondary N) is 1. The van der Waals surface area contributed by atoms with Crippen molar-refractivity contribution in [3.8, 4) is 0 Å². The standard InChI is InChI=1S/C9H17N5S/c1-13-2-4-14(5-3-13)7-8-6-11-9(12-10)15-8/h6H,2-5,7,10H2,1H3,(H,11,12). The van der Waals surface area contributed by atoms with Crippen LogP contribution in [-0.2, 0) is 6.54 Å². The van der Waals surface area contributed by atoms with Gasteiger partial charge in [0.15, 0.2) is 5.13 Å². The van der Waals surface area contributed by atoms with E-state index in [9.17, 15) is 0 Å². The highest BCUT2D eigenvalue weighted by molar-refractivity contribution is 7.15. The molecule has 0 spiro atoms. The Morgan fingerprint density at radius 3 is 2.80 bits per heavy atom. The molecule has 0 aliphatic carbocycles. The summed E-state index contributed by atoms with van der Waals surface area (Å²) in [5, 5.41) is 0.791. The van der Waals surface area contributed by atoms with Crippen molar-refractivity contribution in [3.05, 3.63) is 11.1 Å². The molecule has 15 heavy (non-hydrogen) atoms. The van der Waals surface area contributed by atoms with E-state index in [1.807, 2.05) is 6.20 Å². The predicted molar refractivity (Wildman–Crippen MR) is 62.7 cm³/mol. The van der Waals surface area contributed by atoms with Gasteiger partial charge in [-0.1, -0.05) is 11.3 Å². The van der Waals surface area contributed by atoms with Crippen molar-refractivity contribution < 1.29 is 0 Å². The monoisotopic (exact) mass is 227 g/mol. The maximum absolute atomic E-state index is 5.29. The molecule has 0 atom stereocenters. The molecule has 1 aromatic rings. The second-order valence-electron chi connectivity index (χ2n) is 3.86. The number of rotatable bonds is 3. The molecule has 0 aromatic carbocycles. The van der Waals surface area contributed by atoms with Crippen molar-refractivity contribution in [2.24, 2.45) is 5.84 Å². The van der Waals surface area contributed by atoms with Crippen LogP contribution < -0.4 is 11.3 Å². The molecule has 6 heteroatoms. The van der Waals surface area contributed by atoms with Crippen LogP contribution >= 0.6 is 11.3 Å². The molecular weight excluding hydrogens is 210 g/mol. The zero-order valence-electron chi connectivity index (χ0n) is 8.94. The molecule has 1 aliphatic heterocycles. The average molecular weight is 227 g/mol. The van der Waals surface area contributed by atoms with Crippen LogP contribution in [0, 0.1) is 0 Å². The molecule has 0 radical (unpaired) electrons. The molecule has 0 amide bonds. The second-order valence-corrected chi connectivity index (χ2v) is 4.97. The fourth-order valence-electron chi connectivity index (χ4n) is 1.67. The fourth-order valence-corrected chi connectivity index (χ4v) is 2.44. The van der Waals surface area contributed by atoms with E-state index < -0.39 is 0 Å². The summed E-state index contributed by atoms with van der Waals surface area (Å²) in [4.78, 5) is 10.2. The van der Waals surface area contributed by atoms with Gasteiger partial charge in [-0.2, -0.15) is 0 Å². The van der Waals surface area contributed by atoms with E-state index in [2.05, 4.69) is 27.3 Å². The number of likely N-dealkylation sites (N-methyl/N-ethyl adjacent to an activating group) is 1. The lowest BCUT2D eigenvalue weighted by atomic mass is 10.3. The van der Waals surface area contributed by atoms with Gasteiger partial charge in [-0.25, -0.2) is 10.8 Å². The third kappa shape index (κ3) is 2.88. The lowest BCUT2D eigenvalue weighted by Gasteiger charge is -2.31. The zero-order valence-corrected chi connectivity index (χ0v) is 9.76. The third-order valence-electron chi connectivity index (χ3n) is 2.65. The van der Waals surface area contributed by atoms with E-state index >= 15 is 0 Å². The predicted octanol–water partition coefficient (Wildman–Crippen LogP) is 0.176. The number of thiazole rings is 1. The summed E-state index contributed by atoms with van der Waals surface area (Å²) in [6.45, 7) is 5.58. The fraction of sp³-hybridized carbons (Fsp3) is 0.667. The summed E-state index contributed by atoms with van der Waals surface area (Å²) in [6, 6.07) is 0. The summed E-state index contributed by atoms with van der Waals surface area (Å²) < 4.78 is 0. The van der Waals surface area contributed by atoms with Gasteiger partial charge in [0, 0.05) is 43.8 Å². The largest absolute Gasteiger partial charge is 0.304 e. The number of piperazine rings is 1. The average Bonchev–Trinajstić information content (AvgIpc) is 2.69. The summed E-state index contributed by atoms with van der Waals surface area (Å²) in [6.07, 6.45) is 1.90. The minimum Gasteiger partial charge on any atom is -0.304 e. The van der Waals surface area contributed by atoms with Crippen LogP contribution in [0.3, 0.4) is 0 Å². The molecule has 0 bridgehead atoms. The van der Waals surface area contributed by atoms with E-state index in [0.717, 1.165) is 37.9 Å². The minimum atomic E-state index is 0.791. The van der Waals surface area contributed by atoms with Crippen molar-refractivity contribution in [2.45, 2.75) is 6.54 Å². The van der Waals surface area contributed by atoms with Crippen molar-refractivity contribution in [2.75, 3.05) is 38.7 Å². The van der Waals surface area contributed by atoms with Gasteiger partial charge in [0.25, 0.3) is 0 Å². The van der Waals surface area contributed by atoms with Crippen molar-refractivity contribution in [1.82, 2.24) is 14.8 Å². The molecule has 1 aromatic heterocycles. The van der Waals surface area contributed by atoms with Crippen LogP contribution in [0.15, 0.2) is 6.20 Å². The first-order valence-electron chi connectivity index (χ1n) is 5.10. The molecule has 1 fully saturated rings. The quantitative estimate of drug-likeness (QED) is 0.570. The Morgan fingerprint density at radius 1 is 1.47 bits per heavy atom. The van der Waals surface area contributed by atoms with Gasteiger partial charge in [-0.15, -0.1) is 0 Å². The highest BCUT2D eigenvalue weighted by Crippen LogP contribution is 2.18. The van der Waals surface area contributed by atoms with Crippen LogP contribution in [0.5, 0.6) is 0 Å². The Labute approximate surface area is 93.9 Å². The van der Waals surface area contributed by atoms with E-state index in [1.165, 1.54) is 4.88 Å². The normalized spacial score (nSPS) is 19.3. The molecule has 3 N–H and O–H groups in total. The first-order chi connectivity index (χ1) is 7.28. The Hall–Kier alpha value is -0.690. The SMILES string of the molecule is CN1CCN(Cc2cnc(NN)s2)CC1. The lowest BCUT2D eigenvalue weighted by molar-refractivity contribution is 0.149. The first-order valence-corrected chi connectivity index (χ1v) is 5.92. The lowest BCUT2D eigenvalue weighted by Crippen LogP contribution is -2.43. The second kappa shape index (κ2) is 4.89. The molecule has 84 valence electrons. The van der Waals surface area contributed by atoms with E-state index in [-0.39, 0.29) is 0 Å². The van der Waals surface area contributed by atoms with Crippen molar-refractivity contribution in [3.63, 3.8) is 0 Å². The summed E-state index contributed by atoms with van der Waals surface area (Å²) in [5.41, 5.74) is 2.57. The van der Waals surface area contributed by atoms with Crippen LogP contribution in [0.25, 0.3) is 0 Å². The molecule has 2 heterocycles. The maximum Gasteiger partial charge on any atom is 0.197 e. The number of nitrogen functional groups attached to an aromatic ring is 1. The Morgan fingerprint density at radius 2 is 2.20 bits per heavy atom. The molecular formula is C9H17N5S. The topological polar surface area (TPSA) is 57.4 Å². The number of hydrogen-bond donors (Lipinski definition) is 2. The molecule has 2 rings (SSSR count). The van der Waals surface area contributed by atoms with Crippen LogP contribution in [0.1, 0.15) is 4.88 Å². The van der Waals surface area contributed by atoms with Crippen molar-refractivity contribution in [1.29, 1.82) is 0 Å². The number of hydrogen-bond acceptors (Lipinski definition) is 6. The van der Waals surface area contributed by atoms with Crippen LogP contribution in [-0.4, -0.2) is 48.0 Å². The number of anilines is 1. The van der Waals surface area contributed by atoms with Crippen LogP contribution in [0.4, 0.5) is 5.13 Å². The number of aromatic nitrogens is 1. The highest BCUT2D eigenvalue weighted by atomic mass is 32.1. The molecule has 0 unspecified atom stereocenters. The van der Waals surface area contributed by atoms with Gasteiger partial charge >= 0.3 is 0 Å². The Kier molecular flexibility index (Phi) is 3.53. The van der Waals surface area contributed by atoms with E-state index in [1.54, 1.807) is 11.3 Å². The van der Waals surface area contributed by atoms with Gasteiger partial charge in [-0.3, -0.25) is 10.3 Å². The Balaban J connectivity index is 1.86. The smallest absolute Gasteiger partial charge is 0.197 e. The highest BCUT2D eigenvalue weighted by Gasteiger charge is 2.14. The molecule has 5 nitrogen and oxygen atoms in total. The first kappa shape index (κ1) is 10.8. The maximum atomic E-state index is 5.29. The van der Waals surface area contributed by atoms with Gasteiger partial charge in [-0.05, 0) is 7.05 Å². The molecule has 1 aliphatic rings. The third-order valence-corrected chi connectivity index (χ3v) is 3.57. The Bertz CT molecular complexity index is 305. The number of nitrogens with zero attached hydrogens (tertiary/aromatic N) is 3. The van der Waals surface area contributed by atoms with E-state index in [4.69, 9.17) is 5.84 Å². The van der Waals surface area contributed by atoms with E-state index in [0.29, 0.717) is 0 Å². The van der Waals surface area contributed by atoms with Gasteiger partial charge in [0.1, 0.15) is 0 Å². The summed E-state index contributed by atoms with van der Waals surface area (Å²) in [5.74, 6) is 5.29. The molecule has 1 saturated heterocycles. The van der Waals surface area contributed by atoms with Crippen LogP contribution in [0.2, 0.25) is 0 Å². The minimum absolute atomic E-state index is 0.791. The summed E-state index contributed by atoms with van der Waals surface area (Å²) in [7, 11) is 2.17. The zero-order chi connectivity index (χ0) is 10.7. The van der Waals surface area contributed by atoms with Gasteiger partial charge in [0.05, 0.1) is 0 Å².